The van der Waals surface area contributed by atoms with Gasteiger partial charge in [0.2, 0.25) is 0 Å². The van der Waals surface area contributed by atoms with E-state index < -0.39 is 0 Å². The molecule has 0 aliphatic heterocycles. The summed E-state index contributed by atoms with van der Waals surface area (Å²) in [7, 11) is 0. The molecule has 0 N–H and O–H groups in total. The number of rotatable bonds is 7. The molecule has 3 nitrogen and oxygen atoms in total. The van der Waals surface area contributed by atoms with Crippen LogP contribution in [0.5, 0.6) is 5.75 Å². The minimum Gasteiger partial charge on any atom is -0.492 e. The van der Waals surface area contributed by atoms with Crippen molar-refractivity contribution in [2.45, 2.75) is 18.9 Å². The lowest BCUT2D eigenvalue weighted by atomic mass is 9.99. The summed E-state index contributed by atoms with van der Waals surface area (Å²) in [6, 6.07) is 30.7. The van der Waals surface area contributed by atoms with E-state index >= 15 is 0 Å². The molecule has 1 aromatic heterocycles. The first-order chi connectivity index (χ1) is 15.7. The summed E-state index contributed by atoms with van der Waals surface area (Å²) in [6.07, 6.45) is 0. The van der Waals surface area contributed by atoms with Gasteiger partial charge in [-0.15, -0.1) is 11.8 Å². The van der Waals surface area contributed by atoms with E-state index in [4.69, 9.17) is 9.72 Å². The number of para-hydroxylation sites is 1. The van der Waals surface area contributed by atoms with E-state index in [0.29, 0.717) is 17.9 Å². The number of aryl methyl sites for hydroxylation is 2. The largest absolute Gasteiger partial charge is 0.492 e. The van der Waals surface area contributed by atoms with Crippen LogP contribution in [0.2, 0.25) is 0 Å². The zero-order valence-electron chi connectivity index (χ0n) is 18.2. The number of nitriles is 1. The van der Waals surface area contributed by atoms with Crippen molar-refractivity contribution in [1.82, 2.24) is 4.98 Å². The highest BCUT2D eigenvalue weighted by Crippen LogP contribution is 2.34. The summed E-state index contributed by atoms with van der Waals surface area (Å²) in [5, 5.41) is 10.7. The topological polar surface area (TPSA) is 45.9 Å². The van der Waals surface area contributed by atoms with Crippen molar-refractivity contribution >= 4 is 11.8 Å². The number of nitrogens with zero attached hydrogens (tertiary/aromatic N) is 2. The Bertz CT molecular complexity index is 1230. The maximum Gasteiger partial charge on any atom is 0.125 e. The van der Waals surface area contributed by atoms with E-state index in [1.54, 1.807) is 11.8 Å². The first-order valence-electron chi connectivity index (χ1n) is 10.5. The van der Waals surface area contributed by atoms with E-state index in [-0.39, 0.29) is 0 Å². The molecule has 0 saturated carbocycles. The first kappa shape index (κ1) is 21.7. The predicted octanol–water partition coefficient (Wildman–Crippen LogP) is 7.08. The number of hydrogen-bond donors (Lipinski definition) is 0. The average molecular weight is 437 g/mol. The van der Waals surface area contributed by atoms with E-state index in [1.807, 2.05) is 72.8 Å². The number of ether oxygens (including phenoxy) is 1. The van der Waals surface area contributed by atoms with Gasteiger partial charge in [-0.3, -0.25) is 0 Å². The van der Waals surface area contributed by atoms with Crippen LogP contribution < -0.4 is 4.74 Å². The van der Waals surface area contributed by atoms with Gasteiger partial charge in [0.15, 0.2) is 0 Å². The normalized spacial score (nSPS) is 10.5. The molecule has 0 saturated heterocycles. The first-order valence-corrected chi connectivity index (χ1v) is 11.5. The van der Waals surface area contributed by atoms with Crippen molar-refractivity contribution in [3.05, 3.63) is 102 Å². The van der Waals surface area contributed by atoms with Gasteiger partial charge in [-0.1, -0.05) is 78.9 Å². The third-order valence-electron chi connectivity index (χ3n) is 5.23. The maximum atomic E-state index is 9.99. The molecule has 0 aliphatic rings. The standard InChI is InChI=1S/C28H24N2OS/c1-20-10-9-11-21(2)27(20)31-16-17-32-28-25(19-29)24(22-12-5-3-6-13-22)18-26(30-28)23-14-7-4-8-15-23/h3-15,18H,16-17H2,1-2H3. The Morgan fingerprint density at radius 3 is 2.09 bits per heavy atom. The van der Waals surface area contributed by atoms with Crippen LogP contribution in [-0.4, -0.2) is 17.3 Å². The highest BCUT2D eigenvalue weighted by molar-refractivity contribution is 7.99. The van der Waals surface area contributed by atoms with Crippen LogP contribution in [0.15, 0.2) is 90.0 Å². The van der Waals surface area contributed by atoms with E-state index in [0.717, 1.165) is 44.3 Å². The Kier molecular flexibility index (Phi) is 6.89. The SMILES string of the molecule is Cc1cccc(C)c1OCCSc1nc(-c2ccccc2)cc(-c2ccccc2)c1C#N. The number of benzene rings is 3. The summed E-state index contributed by atoms with van der Waals surface area (Å²) in [5.74, 6) is 1.63. The molecule has 0 fully saturated rings. The van der Waals surface area contributed by atoms with Gasteiger partial charge in [-0.2, -0.15) is 5.26 Å². The molecular weight excluding hydrogens is 412 g/mol. The van der Waals surface area contributed by atoms with Crippen molar-refractivity contribution in [3.8, 4) is 34.2 Å². The molecule has 4 aromatic rings. The van der Waals surface area contributed by atoms with Crippen molar-refractivity contribution < 1.29 is 4.74 Å². The van der Waals surface area contributed by atoms with Crippen LogP contribution in [-0.2, 0) is 0 Å². The molecule has 0 unspecified atom stereocenters. The molecule has 0 atom stereocenters. The Balaban J connectivity index is 1.64. The quantitative estimate of drug-likeness (QED) is 0.229. The lowest BCUT2D eigenvalue weighted by molar-refractivity contribution is 0.339. The van der Waals surface area contributed by atoms with Gasteiger partial charge in [0.1, 0.15) is 16.8 Å². The minimum atomic E-state index is 0.541. The Morgan fingerprint density at radius 2 is 1.47 bits per heavy atom. The summed E-state index contributed by atoms with van der Waals surface area (Å²) >= 11 is 1.56. The van der Waals surface area contributed by atoms with Crippen molar-refractivity contribution in [2.24, 2.45) is 0 Å². The van der Waals surface area contributed by atoms with Crippen molar-refractivity contribution in [1.29, 1.82) is 5.26 Å². The second-order valence-electron chi connectivity index (χ2n) is 7.50. The second kappa shape index (κ2) is 10.2. The smallest absolute Gasteiger partial charge is 0.125 e. The van der Waals surface area contributed by atoms with Gasteiger partial charge in [0.25, 0.3) is 0 Å². The Morgan fingerprint density at radius 1 is 0.844 bits per heavy atom. The number of thioether (sulfide) groups is 1. The second-order valence-corrected chi connectivity index (χ2v) is 8.58. The predicted molar refractivity (Wildman–Crippen MR) is 132 cm³/mol. The third-order valence-corrected chi connectivity index (χ3v) is 6.17. The van der Waals surface area contributed by atoms with Crippen LogP contribution in [0.3, 0.4) is 0 Å². The maximum absolute atomic E-state index is 9.99. The Labute approximate surface area is 193 Å². The van der Waals surface area contributed by atoms with E-state index in [2.05, 4.69) is 32.0 Å². The molecule has 4 heteroatoms. The molecule has 0 aliphatic carbocycles. The molecule has 32 heavy (non-hydrogen) atoms. The van der Waals surface area contributed by atoms with Gasteiger partial charge in [-0.25, -0.2) is 4.98 Å². The van der Waals surface area contributed by atoms with Gasteiger partial charge in [0, 0.05) is 16.9 Å². The molecule has 1 heterocycles. The minimum absolute atomic E-state index is 0.541. The number of hydrogen-bond acceptors (Lipinski definition) is 4. The molecule has 0 bridgehead atoms. The average Bonchev–Trinajstić information content (AvgIpc) is 2.84. The lowest BCUT2D eigenvalue weighted by Crippen LogP contribution is -2.04. The third kappa shape index (κ3) is 4.85. The molecular formula is C28H24N2OS. The molecule has 0 amide bonds. The highest BCUT2D eigenvalue weighted by atomic mass is 32.2. The zero-order chi connectivity index (χ0) is 22.3. The molecule has 0 spiro atoms. The van der Waals surface area contributed by atoms with Crippen LogP contribution in [0.4, 0.5) is 0 Å². The summed E-state index contributed by atoms with van der Waals surface area (Å²) in [5.41, 5.74) is 6.67. The number of pyridine rings is 1. The molecule has 3 aromatic carbocycles. The van der Waals surface area contributed by atoms with Gasteiger partial charge in [0.05, 0.1) is 17.9 Å². The lowest BCUT2D eigenvalue weighted by Gasteiger charge is -2.14. The van der Waals surface area contributed by atoms with Crippen molar-refractivity contribution in [3.63, 3.8) is 0 Å². The zero-order valence-corrected chi connectivity index (χ0v) is 19.0. The fourth-order valence-corrected chi connectivity index (χ4v) is 4.47. The molecule has 0 radical (unpaired) electrons. The van der Waals surface area contributed by atoms with Crippen LogP contribution in [0, 0.1) is 25.2 Å². The monoisotopic (exact) mass is 436 g/mol. The summed E-state index contributed by atoms with van der Waals surface area (Å²) < 4.78 is 6.06. The van der Waals surface area contributed by atoms with Crippen molar-refractivity contribution in [2.75, 3.05) is 12.4 Å². The fourth-order valence-electron chi connectivity index (χ4n) is 3.65. The Hall–Kier alpha value is -3.55. The summed E-state index contributed by atoms with van der Waals surface area (Å²) in [6.45, 7) is 4.65. The van der Waals surface area contributed by atoms with Gasteiger partial charge < -0.3 is 4.74 Å². The van der Waals surface area contributed by atoms with Crippen LogP contribution in [0.25, 0.3) is 22.4 Å². The molecule has 158 valence electrons. The van der Waals surface area contributed by atoms with Crippen LogP contribution >= 0.6 is 11.8 Å². The van der Waals surface area contributed by atoms with Crippen LogP contribution in [0.1, 0.15) is 16.7 Å². The van der Waals surface area contributed by atoms with E-state index in [9.17, 15) is 5.26 Å². The summed E-state index contributed by atoms with van der Waals surface area (Å²) in [4.78, 5) is 4.86. The van der Waals surface area contributed by atoms with Gasteiger partial charge in [-0.05, 0) is 36.6 Å². The molecule has 4 rings (SSSR count). The van der Waals surface area contributed by atoms with E-state index in [1.165, 1.54) is 0 Å². The number of aromatic nitrogens is 1. The van der Waals surface area contributed by atoms with Gasteiger partial charge >= 0.3 is 0 Å². The fraction of sp³-hybridized carbons (Fsp3) is 0.143. The highest BCUT2D eigenvalue weighted by Gasteiger charge is 2.16.